The lowest BCUT2D eigenvalue weighted by Gasteiger charge is -2.39. The van der Waals surface area contributed by atoms with E-state index in [1.165, 1.54) is 6.20 Å². The topological polar surface area (TPSA) is 45.4 Å². The SMILES string of the molecule is Cc1nc(CN2CCN(Cc3ccncc3F)C(C)C2)co1. The third-order valence-electron chi connectivity index (χ3n) is 4.13. The van der Waals surface area contributed by atoms with Crippen molar-refractivity contribution < 1.29 is 8.81 Å². The highest BCUT2D eigenvalue weighted by atomic mass is 19.1. The van der Waals surface area contributed by atoms with Gasteiger partial charge in [0.2, 0.25) is 0 Å². The van der Waals surface area contributed by atoms with Crippen LogP contribution < -0.4 is 0 Å². The van der Waals surface area contributed by atoms with Gasteiger partial charge in [0.1, 0.15) is 12.1 Å². The van der Waals surface area contributed by atoms with E-state index >= 15 is 0 Å². The molecule has 0 amide bonds. The molecule has 3 rings (SSSR count). The number of hydrogen-bond acceptors (Lipinski definition) is 5. The summed E-state index contributed by atoms with van der Waals surface area (Å²) >= 11 is 0. The van der Waals surface area contributed by atoms with Crippen LogP contribution in [0.15, 0.2) is 29.1 Å². The van der Waals surface area contributed by atoms with E-state index in [4.69, 9.17) is 4.42 Å². The predicted molar refractivity (Wildman–Crippen MR) is 80.6 cm³/mol. The zero-order valence-corrected chi connectivity index (χ0v) is 13.0. The average Bonchev–Trinajstić information content (AvgIpc) is 2.89. The maximum atomic E-state index is 13.7. The second-order valence-electron chi connectivity index (χ2n) is 5.88. The summed E-state index contributed by atoms with van der Waals surface area (Å²) in [7, 11) is 0. The van der Waals surface area contributed by atoms with Crippen molar-refractivity contribution in [1.29, 1.82) is 0 Å². The summed E-state index contributed by atoms with van der Waals surface area (Å²) in [5.41, 5.74) is 1.68. The lowest BCUT2D eigenvalue weighted by molar-refractivity contribution is 0.0717. The van der Waals surface area contributed by atoms with E-state index in [-0.39, 0.29) is 5.82 Å². The molecule has 0 saturated carbocycles. The Morgan fingerprint density at radius 3 is 2.91 bits per heavy atom. The van der Waals surface area contributed by atoms with Gasteiger partial charge in [0.25, 0.3) is 0 Å². The molecule has 2 aromatic rings. The summed E-state index contributed by atoms with van der Waals surface area (Å²) in [5, 5.41) is 0. The summed E-state index contributed by atoms with van der Waals surface area (Å²) in [6.45, 7) is 8.28. The molecule has 3 heterocycles. The van der Waals surface area contributed by atoms with Gasteiger partial charge in [-0.1, -0.05) is 0 Å². The molecular formula is C16H21FN4O. The molecular weight excluding hydrogens is 283 g/mol. The van der Waals surface area contributed by atoms with Crippen LogP contribution >= 0.6 is 0 Å². The minimum Gasteiger partial charge on any atom is -0.449 e. The zero-order valence-electron chi connectivity index (χ0n) is 13.0. The largest absolute Gasteiger partial charge is 0.449 e. The van der Waals surface area contributed by atoms with Crippen LogP contribution in [-0.2, 0) is 13.1 Å². The molecule has 1 saturated heterocycles. The number of rotatable bonds is 4. The molecule has 0 radical (unpaired) electrons. The highest BCUT2D eigenvalue weighted by molar-refractivity contribution is 5.12. The van der Waals surface area contributed by atoms with E-state index in [0.717, 1.165) is 31.9 Å². The van der Waals surface area contributed by atoms with Crippen molar-refractivity contribution in [2.24, 2.45) is 0 Å². The summed E-state index contributed by atoms with van der Waals surface area (Å²) in [6, 6.07) is 2.13. The first kappa shape index (κ1) is 15.1. The number of aromatic nitrogens is 2. The molecule has 6 heteroatoms. The van der Waals surface area contributed by atoms with E-state index in [9.17, 15) is 4.39 Å². The summed E-state index contributed by atoms with van der Waals surface area (Å²) in [4.78, 5) is 12.8. The number of oxazole rings is 1. The van der Waals surface area contributed by atoms with Crippen LogP contribution in [0.1, 0.15) is 24.1 Å². The fourth-order valence-corrected chi connectivity index (χ4v) is 2.91. The second kappa shape index (κ2) is 6.54. The Kier molecular flexibility index (Phi) is 4.49. The smallest absolute Gasteiger partial charge is 0.191 e. The van der Waals surface area contributed by atoms with Gasteiger partial charge in [-0.15, -0.1) is 0 Å². The van der Waals surface area contributed by atoms with Crippen LogP contribution in [0, 0.1) is 12.7 Å². The number of hydrogen-bond donors (Lipinski definition) is 0. The third-order valence-corrected chi connectivity index (χ3v) is 4.13. The van der Waals surface area contributed by atoms with Crippen LogP contribution in [0.3, 0.4) is 0 Å². The Balaban J connectivity index is 1.57. The molecule has 1 aliphatic heterocycles. The van der Waals surface area contributed by atoms with E-state index in [0.29, 0.717) is 24.0 Å². The summed E-state index contributed by atoms with van der Waals surface area (Å²) in [5.74, 6) is 0.477. The number of aryl methyl sites for hydroxylation is 1. The molecule has 1 fully saturated rings. The highest BCUT2D eigenvalue weighted by Gasteiger charge is 2.24. The number of halogens is 1. The molecule has 0 N–H and O–H groups in total. The molecule has 5 nitrogen and oxygen atoms in total. The Hall–Kier alpha value is -1.79. The lowest BCUT2D eigenvalue weighted by Crippen LogP contribution is -2.51. The maximum absolute atomic E-state index is 13.7. The van der Waals surface area contributed by atoms with E-state index < -0.39 is 0 Å². The van der Waals surface area contributed by atoms with Crippen molar-refractivity contribution in [2.45, 2.75) is 33.0 Å². The highest BCUT2D eigenvalue weighted by Crippen LogP contribution is 2.17. The fraction of sp³-hybridized carbons (Fsp3) is 0.500. The van der Waals surface area contributed by atoms with Crippen LogP contribution in [-0.4, -0.2) is 45.4 Å². The Bertz CT molecular complexity index is 630. The van der Waals surface area contributed by atoms with Crippen LogP contribution in [0.5, 0.6) is 0 Å². The van der Waals surface area contributed by atoms with Gasteiger partial charge >= 0.3 is 0 Å². The van der Waals surface area contributed by atoms with Gasteiger partial charge in [0, 0.05) is 57.4 Å². The van der Waals surface area contributed by atoms with Gasteiger partial charge in [-0.2, -0.15) is 0 Å². The lowest BCUT2D eigenvalue weighted by atomic mass is 10.1. The Morgan fingerprint density at radius 2 is 2.23 bits per heavy atom. The van der Waals surface area contributed by atoms with Crippen LogP contribution in [0.4, 0.5) is 4.39 Å². The fourth-order valence-electron chi connectivity index (χ4n) is 2.91. The Morgan fingerprint density at radius 1 is 1.36 bits per heavy atom. The van der Waals surface area contributed by atoms with Gasteiger partial charge in [-0.05, 0) is 13.0 Å². The molecule has 118 valence electrons. The van der Waals surface area contributed by atoms with Crippen molar-refractivity contribution in [2.75, 3.05) is 19.6 Å². The van der Waals surface area contributed by atoms with Crippen LogP contribution in [0.25, 0.3) is 0 Å². The van der Waals surface area contributed by atoms with Gasteiger partial charge in [0.05, 0.1) is 11.9 Å². The molecule has 0 bridgehead atoms. The maximum Gasteiger partial charge on any atom is 0.191 e. The minimum atomic E-state index is -0.227. The van der Waals surface area contributed by atoms with Crippen molar-refractivity contribution in [3.8, 4) is 0 Å². The molecule has 2 aromatic heterocycles. The van der Waals surface area contributed by atoms with Gasteiger partial charge < -0.3 is 4.42 Å². The van der Waals surface area contributed by atoms with Crippen molar-refractivity contribution in [1.82, 2.24) is 19.8 Å². The van der Waals surface area contributed by atoms with Gasteiger partial charge in [0.15, 0.2) is 5.89 Å². The molecule has 0 spiro atoms. The number of pyridine rings is 1. The van der Waals surface area contributed by atoms with E-state index in [1.807, 2.05) is 6.92 Å². The Labute approximate surface area is 129 Å². The monoisotopic (exact) mass is 304 g/mol. The summed E-state index contributed by atoms with van der Waals surface area (Å²) < 4.78 is 19.0. The minimum absolute atomic E-state index is 0.227. The van der Waals surface area contributed by atoms with Crippen molar-refractivity contribution in [3.05, 3.63) is 47.7 Å². The molecule has 22 heavy (non-hydrogen) atoms. The standard InChI is InChI=1S/C16H21FN4O/c1-12-8-20(10-15-11-22-13(2)19-15)5-6-21(12)9-14-3-4-18-7-16(14)17/h3-4,7,11-12H,5-6,8-10H2,1-2H3. The van der Waals surface area contributed by atoms with E-state index in [2.05, 4.69) is 26.7 Å². The first-order chi connectivity index (χ1) is 10.6. The van der Waals surface area contributed by atoms with Gasteiger partial charge in [-0.3, -0.25) is 14.8 Å². The number of piperazine rings is 1. The molecule has 1 atom stereocenters. The molecule has 1 unspecified atom stereocenters. The van der Waals surface area contributed by atoms with Gasteiger partial charge in [-0.25, -0.2) is 9.37 Å². The van der Waals surface area contributed by atoms with Crippen molar-refractivity contribution in [3.63, 3.8) is 0 Å². The third kappa shape index (κ3) is 3.51. The second-order valence-corrected chi connectivity index (χ2v) is 5.88. The average molecular weight is 304 g/mol. The zero-order chi connectivity index (χ0) is 15.5. The molecule has 0 aliphatic carbocycles. The predicted octanol–water partition coefficient (Wildman–Crippen LogP) is 2.22. The van der Waals surface area contributed by atoms with E-state index in [1.54, 1.807) is 18.5 Å². The molecule has 0 aromatic carbocycles. The van der Waals surface area contributed by atoms with Crippen LogP contribution in [0.2, 0.25) is 0 Å². The number of nitrogens with zero attached hydrogens (tertiary/aromatic N) is 4. The first-order valence-electron chi connectivity index (χ1n) is 7.57. The first-order valence-corrected chi connectivity index (χ1v) is 7.57. The normalized spacial score (nSPS) is 20.4. The molecule has 1 aliphatic rings. The van der Waals surface area contributed by atoms with Crippen molar-refractivity contribution >= 4 is 0 Å². The quantitative estimate of drug-likeness (QED) is 0.867. The summed E-state index contributed by atoms with van der Waals surface area (Å²) in [6.07, 6.45) is 4.65.